The van der Waals surface area contributed by atoms with Gasteiger partial charge in [-0.15, -0.1) is 0 Å². The average Bonchev–Trinajstić information content (AvgIpc) is 3.46. The Balaban J connectivity index is 1.72. The number of benzene rings is 3. The van der Waals surface area contributed by atoms with Crippen LogP contribution in [0.2, 0.25) is 5.02 Å². The van der Waals surface area contributed by atoms with Crippen LogP contribution in [0.4, 0.5) is 5.69 Å². The van der Waals surface area contributed by atoms with Gasteiger partial charge in [-0.25, -0.2) is 8.42 Å². The molecule has 218 valence electrons. The number of amides is 2. The molecule has 4 rings (SSSR count). The fourth-order valence-electron chi connectivity index (χ4n) is 5.18. The first-order valence-electron chi connectivity index (χ1n) is 14.1. The Hall–Kier alpha value is -3.36. The van der Waals surface area contributed by atoms with Gasteiger partial charge in [0.25, 0.3) is 10.0 Å². The van der Waals surface area contributed by atoms with Crippen LogP contribution in [0.25, 0.3) is 0 Å². The lowest BCUT2D eigenvalue weighted by Gasteiger charge is -2.34. The van der Waals surface area contributed by atoms with Crippen LogP contribution in [0, 0.1) is 13.8 Å². The molecular weight excluding hydrogens is 558 g/mol. The van der Waals surface area contributed by atoms with Gasteiger partial charge in [0.1, 0.15) is 12.6 Å². The topological polar surface area (TPSA) is 86.8 Å². The minimum atomic E-state index is -4.17. The third kappa shape index (κ3) is 7.49. The molecule has 1 N–H and O–H groups in total. The van der Waals surface area contributed by atoms with Gasteiger partial charge in [0, 0.05) is 12.6 Å². The highest BCUT2D eigenvalue weighted by molar-refractivity contribution is 7.92. The molecule has 0 aromatic heterocycles. The fraction of sp³-hybridized carbons (Fsp3) is 0.375. The molecule has 0 unspecified atom stereocenters. The van der Waals surface area contributed by atoms with E-state index in [-0.39, 0.29) is 34.1 Å². The molecule has 2 amide bonds. The lowest BCUT2D eigenvalue weighted by atomic mass is 10.1. The zero-order chi connectivity index (χ0) is 29.6. The second-order valence-electron chi connectivity index (χ2n) is 10.7. The Labute approximate surface area is 248 Å². The normalized spacial score (nSPS) is 14.4. The molecule has 41 heavy (non-hydrogen) atoms. The van der Waals surface area contributed by atoms with Gasteiger partial charge in [0.2, 0.25) is 11.8 Å². The molecule has 1 aliphatic carbocycles. The number of carbonyl (C=O) groups is 2. The third-order valence-corrected chi connectivity index (χ3v) is 9.66. The number of nitrogens with zero attached hydrogens (tertiary/aromatic N) is 2. The molecule has 0 radical (unpaired) electrons. The van der Waals surface area contributed by atoms with Crippen molar-refractivity contribution < 1.29 is 18.0 Å². The van der Waals surface area contributed by atoms with E-state index in [0.29, 0.717) is 6.42 Å². The van der Waals surface area contributed by atoms with Crippen LogP contribution >= 0.6 is 11.6 Å². The first-order valence-corrected chi connectivity index (χ1v) is 15.9. The smallest absolute Gasteiger partial charge is 0.264 e. The zero-order valence-electron chi connectivity index (χ0n) is 23.8. The molecule has 1 aliphatic rings. The summed E-state index contributed by atoms with van der Waals surface area (Å²) in [6.07, 6.45) is 4.36. The van der Waals surface area contributed by atoms with Gasteiger partial charge < -0.3 is 10.2 Å². The van der Waals surface area contributed by atoms with E-state index in [2.05, 4.69) is 5.32 Å². The lowest BCUT2D eigenvalue weighted by molar-refractivity contribution is -0.140. The Morgan fingerprint density at radius 1 is 0.927 bits per heavy atom. The molecule has 1 atom stereocenters. The summed E-state index contributed by atoms with van der Waals surface area (Å²) in [4.78, 5) is 29.3. The zero-order valence-corrected chi connectivity index (χ0v) is 25.4. The predicted octanol–water partition coefficient (Wildman–Crippen LogP) is 6.02. The minimum absolute atomic E-state index is 0.0481. The van der Waals surface area contributed by atoms with Gasteiger partial charge in [-0.2, -0.15) is 0 Å². The van der Waals surface area contributed by atoms with E-state index in [0.717, 1.165) is 46.7 Å². The van der Waals surface area contributed by atoms with Crippen LogP contribution in [-0.2, 0) is 26.2 Å². The number of halogens is 1. The highest BCUT2D eigenvalue weighted by Gasteiger charge is 2.35. The van der Waals surface area contributed by atoms with E-state index >= 15 is 0 Å². The second kappa shape index (κ2) is 13.5. The maximum absolute atomic E-state index is 14.2. The highest BCUT2D eigenvalue weighted by Crippen LogP contribution is 2.31. The maximum Gasteiger partial charge on any atom is 0.264 e. The van der Waals surface area contributed by atoms with Gasteiger partial charge >= 0.3 is 0 Å². The first kappa shape index (κ1) is 30.6. The number of sulfonamides is 1. The molecule has 1 saturated carbocycles. The van der Waals surface area contributed by atoms with E-state index in [1.165, 1.54) is 17.0 Å². The fourth-order valence-corrected chi connectivity index (χ4v) is 6.90. The van der Waals surface area contributed by atoms with Crippen LogP contribution < -0.4 is 9.62 Å². The standard InChI is InChI=1S/C32H38ClN3O4S/c1-4-29(32(38)34-26-9-5-6-10-26)35(21-25-17-13-23(2)14-18-25)31(37)22-36(30-12-8-7-11-28(30)33)41(39,40)27-19-15-24(3)16-20-27/h7-8,11-20,26,29H,4-6,9-10,21-22H2,1-3H3,(H,34,38)/t29-/m0/s1. The average molecular weight is 596 g/mol. The molecule has 3 aromatic carbocycles. The minimum Gasteiger partial charge on any atom is -0.352 e. The summed E-state index contributed by atoms with van der Waals surface area (Å²) in [5.41, 5.74) is 3.03. The predicted molar refractivity (Wildman–Crippen MR) is 163 cm³/mol. The van der Waals surface area contributed by atoms with Gasteiger partial charge in [0.05, 0.1) is 15.6 Å². The Bertz CT molecular complexity index is 1450. The van der Waals surface area contributed by atoms with Crippen LogP contribution in [0.3, 0.4) is 0 Å². The van der Waals surface area contributed by atoms with E-state index < -0.39 is 28.5 Å². The molecule has 1 fully saturated rings. The van der Waals surface area contributed by atoms with Crippen molar-refractivity contribution in [1.82, 2.24) is 10.2 Å². The van der Waals surface area contributed by atoms with E-state index in [1.807, 2.05) is 45.0 Å². The second-order valence-corrected chi connectivity index (χ2v) is 13.0. The molecule has 9 heteroatoms. The Morgan fingerprint density at radius 3 is 2.10 bits per heavy atom. The van der Waals surface area contributed by atoms with Crippen molar-refractivity contribution in [2.24, 2.45) is 0 Å². The molecule has 7 nitrogen and oxygen atoms in total. The van der Waals surface area contributed by atoms with Crippen molar-refractivity contribution in [3.63, 3.8) is 0 Å². The van der Waals surface area contributed by atoms with Crippen molar-refractivity contribution in [3.8, 4) is 0 Å². The van der Waals surface area contributed by atoms with E-state index in [9.17, 15) is 18.0 Å². The molecule has 0 aliphatic heterocycles. The number of hydrogen-bond donors (Lipinski definition) is 1. The molecule has 0 saturated heterocycles. The van der Waals surface area contributed by atoms with Crippen molar-refractivity contribution in [3.05, 3.63) is 94.5 Å². The number of carbonyl (C=O) groups excluding carboxylic acids is 2. The van der Waals surface area contributed by atoms with Crippen LogP contribution in [0.15, 0.2) is 77.7 Å². The number of rotatable bonds is 11. The summed E-state index contributed by atoms with van der Waals surface area (Å²) in [7, 11) is -4.17. The van der Waals surface area contributed by atoms with Crippen LogP contribution in [-0.4, -0.2) is 43.8 Å². The molecule has 0 bridgehead atoms. The van der Waals surface area contributed by atoms with Gasteiger partial charge in [-0.3, -0.25) is 13.9 Å². The van der Waals surface area contributed by atoms with Gasteiger partial charge in [0.15, 0.2) is 0 Å². The molecule has 0 spiro atoms. The van der Waals surface area contributed by atoms with Gasteiger partial charge in [-0.1, -0.05) is 91.0 Å². The Kier molecular flexibility index (Phi) is 10.1. The number of nitrogens with one attached hydrogen (secondary N) is 1. The highest BCUT2D eigenvalue weighted by atomic mass is 35.5. The number of hydrogen-bond acceptors (Lipinski definition) is 4. The molecule has 3 aromatic rings. The number of aryl methyl sites for hydroxylation is 2. The summed E-state index contributed by atoms with van der Waals surface area (Å²) >= 11 is 6.49. The number of anilines is 1. The third-order valence-electron chi connectivity index (χ3n) is 7.57. The van der Waals surface area contributed by atoms with Crippen molar-refractivity contribution in [1.29, 1.82) is 0 Å². The molecular formula is C32H38ClN3O4S. The van der Waals surface area contributed by atoms with Crippen LogP contribution in [0.5, 0.6) is 0 Å². The van der Waals surface area contributed by atoms with Crippen LogP contribution in [0.1, 0.15) is 55.7 Å². The largest absolute Gasteiger partial charge is 0.352 e. The Morgan fingerprint density at radius 2 is 1.51 bits per heavy atom. The van der Waals surface area contributed by atoms with E-state index in [4.69, 9.17) is 11.6 Å². The maximum atomic E-state index is 14.2. The van der Waals surface area contributed by atoms with Gasteiger partial charge in [-0.05, 0) is 62.9 Å². The van der Waals surface area contributed by atoms with Crippen molar-refractivity contribution in [2.75, 3.05) is 10.8 Å². The quantitative estimate of drug-likeness (QED) is 0.294. The number of para-hydroxylation sites is 1. The summed E-state index contributed by atoms with van der Waals surface area (Å²) in [5.74, 6) is -0.708. The monoisotopic (exact) mass is 595 g/mol. The van der Waals surface area contributed by atoms with Crippen molar-refractivity contribution >= 4 is 39.1 Å². The summed E-state index contributed by atoms with van der Waals surface area (Å²) in [6.45, 7) is 5.36. The van der Waals surface area contributed by atoms with E-state index in [1.54, 1.807) is 36.4 Å². The molecule has 0 heterocycles. The van der Waals surface area contributed by atoms with Crippen molar-refractivity contribution in [2.45, 2.75) is 76.4 Å². The summed E-state index contributed by atoms with van der Waals surface area (Å²) in [5, 5.41) is 3.33. The summed E-state index contributed by atoms with van der Waals surface area (Å²) < 4.78 is 29.0. The SMILES string of the molecule is CC[C@@H](C(=O)NC1CCCC1)N(Cc1ccc(C)cc1)C(=O)CN(c1ccccc1Cl)S(=O)(=O)c1ccc(C)cc1. The summed E-state index contributed by atoms with van der Waals surface area (Å²) in [6, 6.07) is 20.1. The lowest BCUT2D eigenvalue weighted by Crippen LogP contribution is -2.53. The first-order chi connectivity index (χ1) is 19.6.